The summed E-state index contributed by atoms with van der Waals surface area (Å²) in [6, 6.07) is 1.77. The third kappa shape index (κ3) is 4.06. The Hall–Kier alpha value is -1.58. The molecule has 94 valence electrons. The maximum absolute atomic E-state index is 11.1. The zero-order valence-corrected chi connectivity index (χ0v) is 10.3. The lowest BCUT2D eigenvalue weighted by Gasteiger charge is -2.12. The van der Waals surface area contributed by atoms with Crippen LogP contribution in [0.3, 0.4) is 0 Å². The third-order valence-corrected chi connectivity index (χ3v) is 2.48. The largest absolute Gasteiger partial charge is 0.492 e. The minimum absolute atomic E-state index is 0.488. The molecule has 1 unspecified atom stereocenters. The molecule has 0 saturated carbocycles. The van der Waals surface area contributed by atoms with Gasteiger partial charge in [-0.3, -0.25) is 9.78 Å². The molecule has 0 bridgehead atoms. The highest BCUT2D eigenvalue weighted by Gasteiger charge is 2.19. The number of pyridine rings is 1. The standard InChI is InChI=1S/C13H19NO3/c1-3-5-12(13(15)16)10-7-11(9-14-8-10)17-6-4-2/h7-9,12H,3-6H2,1-2H3,(H,15,16). The average Bonchev–Trinajstić information content (AvgIpc) is 2.33. The Kier molecular flexibility index (Phi) is 5.46. The molecule has 17 heavy (non-hydrogen) atoms. The fourth-order valence-corrected chi connectivity index (χ4v) is 1.65. The van der Waals surface area contributed by atoms with Crippen molar-refractivity contribution < 1.29 is 14.6 Å². The van der Waals surface area contributed by atoms with Crippen molar-refractivity contribution in [3.05, 3.63) is 24.0 Å². The molecule has 0 spiro atoms. The number of ether oxygens (including phenoxy) is 1. The lowest BCUT2D eigenvalue weighted by atomic mass is 9.96. The van der Waals surface area contributed by atoms with E-state index >= 15 is 0 Å². The molecule has 0 aliphatic heterocycles. The van der Waals surface area contributed by atoms with Crippen LogP contribution >= 0.6 is 0 Å². The number of nitrogens with zero attached hydrogens (tertiary/aromatic N) is 1. The SMILES string of the molecule is CCCOc1cncc(C(CCC)C(=O)O)c1. The second-order valence-electron chi connectivity index (χ2n) is 3.98. The minimum Gasteiger partial charge on any atom is -0.492 e. The third-order valence-electron chi connectivity index (χ3n) is 2.48. The van der Waals surface area contributed by atoms with Gasteiger partial charge in [-0.2, -0.15) is 0 Å². The molecule has 0 aliphatic carbocycles. The molecule has 0 amide bonds. The van der Waals surface area contributed by atoms with E-state index in [4.69, 9.17) is 9.84 Å². The van der Waals surface area contributed by atoms with Gasteiger partial charge in [-0.15, -0.1) is 0 Å². The van der Waals surface area contributed by atoms with E-state index in [1.165, 1.54) is 0 Å². The molecule has 0 aromatic carbocycles. The highest BCUT2D eigenvalue weighted by Crippen LogP contribution is 2.24. The quantitative estimate of drug-likeness (QED) is 0.792. The minimum atomic E-state index is -0.804. The molecule has 1 heterocycles. The maximum atomic E-state index is 11.1. The summed E-state index contributed by atoms with van der Waals surface area (Å²) in [7, 11) is 0. The van der Waals surface area contributed by atoms with Crippen LogP contribution in [-0.2, 0) is 4.79 Å². The van der Waals surface area contributed by atoms with Crippen LogP contribution in [0.5, 0.6) is 5.75 Å². The number of rotatable bonds is 7. The summed E-state index contributed by atoms with van der Waals surface area (Å²) < 4.78 is 5.45. The molecule has 1 aromatic heterocycles. The number of carboxylic acid groups (broad SMARTS) is 1. The molecule has 4 nitrogen and oxygen atoms in total. The Bertz CT molecular complexity index is 365. The molecule has 1 aromatic rings. The zero-order chi connectivity index (χ0) is 12.7. The van der Waals surface area contributed by atoms with Gasteiger partial charge in [0.25, 0.3) is 0 Å². The summed E-state index contributed by atoms with van der Waals surface area (Å²) in [4.78, 5) is 15.2. The molecule has 0 aliphatic rings. The fourth-order valence-electron chi connectivity index (χ4n) is 1.65. The Balaban J connectivity index is 2.83. The van der Waals surface area contributed by atoms with Gasteiger partial charge in [0.15, 0.2) is 0 Å². The predicted octanol–water partition coefficient (Wildman–Crippen LogP) is 2.84. The molecule has 1 N–H and O–H groups in total. The van der Waals surface area contributed by atoms with Gasteiger partial charge in [0.1, 0.15) is 5.75 Å². The Morgan fingerprint density at radius 1 is 1.41 bits per heavy atom. The fraction of sp³-hybridized carbons (Fsp3) is 0.538. The first-order chi connectivity index (χ1) is 8.19. The van der Waals surface area contributed by atoms with Crippen LogP contribution in [0.1, 0.15) is 44.6 Å². The first-order valence-electron chi connectivity index (χ1n) is 5.99. The molecule has 1 atom stereocenters. The summed E-state index contributed by atoms with van der Waals surface area (Å²) in [5.41, 5.74) is 0.716. The topological polar surface area (TPSA) is 59.4 Å². The van der Waals surface area contributed by atoms with Gasteiger partial charge in [0, 0.05) is 6.20 Å². The highest BCUT2D eigenvalue weighted by molar-refractivity contribution is 5.76. The van der Waals surface area contributed by atoms with Gasteiger partial charge < -0.3 is 9.84 Å². The van der Waals surface area contributed by atoms with E-state index in [2.05, 4.69) is 4.98 Å². The van der Waals surface area contributed by atoms with Crippen LogP contribution in [0.2, 0.25) is 0 Å². The van der Waals surface area contributed by atoms with Crippen molar-refractivity contribution in [2.75, 3.05) is 6.61 Å². The number of aliphatic carboxylic acids is 1. The van der Waals surface area contributed by atoms with Crippen molar-refractivity contribution in [3.8, 4) is 5.75 Å². The second-order valence-corrected chi connectivity index (χ2v) is 3.98. The van der Waals surface area contributed by atoms with Gasteiger partial charge in [-0.25, -0.2) is 0 Å². The predicted molar refractivity (Wildman–Crippen MR) is 65.3 cm³/mol. The molecule has 0 saturated heterocycles. The normalized spacial score (nSPS) is 12.1. The zero-order valence-electron chi connectivity index (χ0n) is 10.3. The highest BCUT2D eigenvalue weighted by atomic mass is 16.5. The Labute approximate surface area is 102 Å². The van der Waals surface area contributed by atoms with Crippen molar-refractivity contribution in [2.24, 2.45) is 0 Å². The summed E-state index contributed by atoms with van der Waals surface area (Å²) in [6.45, 7) is 4.62. The van der Waals surface area contributed by atoms with Crippen molar-refractivity contribution in [3.63, 3.8) is 0 Å². The van der Waals surface area contributed by atoms with E-state index < -0.39 is 11.9 Å². The van der Waals surface area contributed by atoms with E-state index in [1.807, 2.05) is 13.8 Å². The first kappa shape index (κ1) is 13.5. The Morgan fingerprint density at radius 2 is 2.18 bits per heavy atom. The van der Waals surface area contributed by atoms with Gasteiger partial charge >= 0.3 is 5.97 Å². The molecule has 0 radical (unpaired) electrons. The first-order valence-corrected chi connectivity index (χ1v) is 5.99. The van der Waals surface area contributed by atoms with Crippen LogP contribution in [0, 0.1) is 0 Å². The number of carboxylic acids is 1. The molecular weight excluding hydrogens is 218 g/mol. The smallest absolute Gasteiger partial charge is 0.311 e. The molecule has 0 fully saturated rings. The number of aromatic nitrogens is 1. The second kappa shape index (κ2) is 6.89. The van der Waals surface area contributed by atoms with Gasteiger partial charge in [0.05, 0.1) is 18.7 Å². The summed E-state index contributed by atoms with van der Waals surface area (Å²) in [6.07, 6.45) is 5.59. The molecule has 4 heteroatoms. The summed E-state index contributed by atoms with van der Waals surface area (Å²) in [5.74, 6) is -0.648. The molecule has 1 rings (SSSR count). The number of hydrogen-bond acceptors (Lipinski definition) is 3. The summed E-state index contributed by atoms with van der Waals surface area (Å²) in [5, 5.41) is 9.16. The van der Waals surface area contributed by atoms with Crippen molar-refractivity contribution in [1.29, 1.82) is 0 Å². The lowest BCUT2D eigenvalue weighted by molar-refractivity contribution is -0.139. The molecular formula is C13H19NO3. The van der Waals surface area contributed by atoms with E-state index in [0.29, 0.717) is 24.3 Å². The van der Waals surface area contributed by atoms with E-state index in [-0.39, 0.29) is 0 Å². The van der Waals surface area contributed by atoms with Crippen LogP contribution in [0.4, 0.5) is 0 Å². The Morgan fingerprint density at radius 3 is 2.76 bits per heavy atom. The van der Waals surface area contributed by atoms with Crippen molar-refractivity contribution in [2.45, 2.75) is 39.0 Å². The monoisotopic (exact) mass is 237 g/mol. The van der Waals surface area contributed by atoms with Crippen LogP contribution < -0.4 is 4.74 Å². The number of carbonyl (C=O) groups is 1. The van der Waals surface area contributed by atoms with Crippen molar-refractivity contribution >= 4 is 5.97 Å². The van der Waals surface area contributed by atoms with E-state index in [9.17, 15) is 4.79 Å². The van der Waals surface area contributed by atoms with Crippen LogP contribution in [0.25, 0.3) is 0 Å². The van der Waals surface area contributed by atoms with Gasteiger partial charge in [0.2, 0.25) is 0 Å². The van der Waals surface area contributed by atoms with Crippen LogP contribution in [-0.4, -0.2) is 22.7 Å². The maximum Gasteiger partial charge on any atom is 0.311 e. The van der Waals surface area contributed by atoms with Crippen molar-refractivity contribution in [1.82, 2.24) is 4.98 Å². The average molecular weight is 237 g/mol. The number of hydrogen-bond donors (Lipinski definition) is 1. The summed E-state index contributed by atoms with van der Waals surface area (Å²) >= 11 is 0. The van der Waals surface area contributed by atoms with Crippen LogP contribution in [0.15, 0.2) is 18.5 Å². The van der Waals surface area contributed by atoms with Gasteiger partial charge in [-0.1, -0.05) is 20.3 Å². The van der Waals surface area contributed by atoms with E-state index in [0.717, 1.165) is 12.8 Å². The van der Waals surface area contributed by atoms with Gasteiger partial charge in [-0.05, 0) is 24.5 Å². The lowest BCUT2D eigenvalue weighted by Crippen LogP contribution is -2.12. The van der Waals surface area contributed by atoms with E-state index in [1.54, 1.807) is 18.5 Å².